The first-order valence-corrected chi connectivity index (χ1v) is 4.93. The van der Waals surface area contributed by atoms with Crippen molar-refractivity contribution >= 4 is 23.4 Å². The highest BCUT2D eigenvalue weighted by Crippen LogP contribution is 2.22. The van der Waals surface area contributed by atoms with Gasteiger partial charge in [0, 0.05) is 6.07 Å². The molecule has 0 aliphatic heterocycles. The van der Waals surface area contributed by atoms with Crippen LogP contribution in [0.15, 0.2) is 12.1 Å². The molecule has 0 saturated carbocycles. The van der Waals surface area contributed by atoms with E-state index in [1.54, 1.807) is 0 Å². The zero-order chi connectivity index (χ0) is 14.6. The number of hydrogen-bond acceptors (Lipinski definition) is 7. The van der Waals surface area contributed by atoms with E-state index in [4.69, 9.17) is 15.9 Å². The van der Waals surface area contributed by atoms with E-state index in [2.05, 4.69) is 10.3 Å². The van der Waals surface area contributed by atoms with Crippen molar-refractivity contribution in [3.05, 3.63) is 27.9 Å². The van der Waals surface area contributed by atoms with Crippen LogP contribution in [0, 0.1) is 10.1 Å². The molecule has 10 nitrogen and oxygen atoms in total. The SMILES string of the molecule is NC(=O)C(O)CNc1nc(C(=O)O)ccc1[N+](=O)[O-]. The number of nitrogens with one attached hydrogen (secondary N) is 1. The minimum atomic E-state index is -1.57. The summed E-state index contributed by atoms with van der Waals surface area (Å²) in [4.78, 5) is 34.7. The fraction of sp³-hybridized carbons (Fsp3) is 0.222. The van der Waals surface area contributed by atoms with Crippen LogP contribution in [0.4, 0.5) is 11.5 Å². The van der Waals surface area contributed by atoms with Gasteiger partial charge >= 0.3 is 11.7 Å². The highest BCUT2D eigenvalue weighted by molar-refractivity contribution is 5.86. The smallest absolute Gasteiger partial charge is 0.354 e. The molecule has 0 spiro atoms. The molecule has 0 aliphatic rings. The van der Waals surface area contributed by atoms with Gasteiger partial charge in [0.25, 0.3) is 0 Å². The Morgan fingerprint density at radius 3 is 2.63 bits per heavy atom. The number of carbonyl (C=O) groups excluding carboxylic acids is 1. The van der Waals surface area contributed by atoms with E-state index in [-0.39, 0.29) is 5.82 Å². The summed E-state index contributed by atoms with van der Waals surface area (Å²) in [5, 5.41) is 30.9. The predicted molar refractivity (Wildman–Crippen MR) is 61.5 cm³/mol. The van der Waals surface area contributed by atoms with Crippen LogP contribution < -0.4 is 11.1 Å². The quantitative estimate of drug-likeness (QED) is 0.374. The van der Waals surface area contributed by atoms with Gasteiger partial charge in [0.2, 0.25) is 11.7 Å². The number of nitrogens with two attached hydrogens (primary N) is 1. The molecule has 102 valence electrons. The van der Waals surface area contributed by atoms with Gasteiger partial charge in [-0.15, -0.1) is 0 Å². The van der Waals surface area contributed by atoms with Gasteiger partial charge < -0.3 is 21.3 Å². The van der Waals surface area contributed by atoms with Crippen LogP contribution in [0.2, 0.25) is 0 Å². The lowest BCUT2D eigenvalue weighted by Crippen LogP contribution is -2.34. The number of aliphatic hydroxyl groups is 1. The van der Waals surface area contributed by atoms with Gasteiger partial charge in [-0.05, 0) is 6.07 Å². The zero-order valence-corrected chi connectivity index (χ0v) is 9.44. The molecule has 1 atom stereocenters. The van der Waals surface area contributed by atoms with Crippen molar-refractivity contribution in [3.8, 4) is 0 Å². The fourth-order valence-electron chi connectivity index (χ4n) is 1.14. The third-order valence-corrected chi connectivity index (χ3v) is 2.08. The topological polar surface area (TPSA) is 169 Å². The third kappa shape index (κ3) is 3.61. The monoisotopic (exact) mass is 270 g/mol. The molecular formula is C9H10N4O6. The third-order valence-electron chi connectivity index (χ3n) is 2.08. The number of nitrogens with zero attached hydrogens (tertiary/aromatic N) is 2. The number of pyridine rings is 1. The number of carboxylic acid groups (broad SMARTS) is 1. The predicted octanol–water partition coefficient (Wildman–Crippen LogP) is -1.05. The van der Waals surface area contributed by atoms with Crippen LogP contribution in [0.5, 0.6) is 0 Å². The molecular weight excluding hydrogens is 260 g/mol. The van der Waals surface area contributed by atoms with Crippen molar-refractivity contribution in [2.75, 3.05) is 11.9 Å². The molecule has 0 aromatic carbocycles. The molecule has 0 fully saturated rings. The first-order valence-electron chi connectivity index (χ1n) is 4.93. The average molecular weight is 270 g/mol. The van der Waals surface area contributed by atoms with E-state index >= 15 is 0 Å². The number of aromatic carboxylic acids is 1. The number of nitro groups is 1. The lowest BCUT2D eigenvalue weighted by Gasteiger charge is -2.09. The number of carboxylic acids is 1. The molecule has 0 bridgehead atoms. The summed E-state index contributed by atoms with van der Waals surface area (Å²) in [5.41, 5.74) is 3.90. The Morgan fingerprint density at radius 1 is 1.53 bits per heavy atom. The molecule has 1 aromatic heterocycles. The van der Waals surface area contributed by atoms with Crippen molar-refractivity contribution in [2.24, 2.45) is 5.73 Å². The molecule has 1 heterocycles. The van der Waals surface area contributed by atoms with Crippen LogP contribution in [-0.4, -0.2) is 44.6 Å². The summed E-state index contributed by atoms with van der Waals surface area (Å²) < 4.78 is 0. The second-order valence-electron chi connectivity index (χ2n) is 3.43. The first kappa shape index (κ1) is 14.3. The molecule has 1 unspecified atom stereocenters. The molecule has 10 heteroatoms. The largest absolute Gasteiger partial charge is 0.477 e. The van der Waals surface area contributed by atoms with Gasteiger partial charge in [-0.1, -0.05) is 0 Å². The van der Waals surface area contributed by atoms with Gasteiger partial charge in [-0.25, -0.2) is 9.78 Å². The van der Waals surface area contributed by atoms with Crippen molar-refractivity contribution in [2.45, 2.75) is 6.10 Å². The Labute approximate surface area is 106 Å². The minimum absolute atomic E-state index is 0.370. The van der Waals surface area contributed by atoms with Gasteiger partial charge in [0.15, 0.2) is 5.69 Å². The molecule has 1 rings (SSSR count). The lowest BCUT2D eigenvalue weighted by molar-refractivity contribution is -0.384. The standard InChI is InChI=1S/C9H10N4O6/c10-7(15)6(14)3-11-8-5(13(18)19)2-1-4(12-8)9(16)17/h1-2,6,14H,3H2,(H2,10,15)(H,11,12)(H,16,17). The van der Waals surface area contributed by atoms with Crippen LogP contribution in [0.3, 0.4) is 0 Å². The lowest BCUT2D eigenvalue weighted by atomic mass is 10.3. The molecule has 1 amide bonds. The number of primary amides is 1. The van der Waals surface area contributed by atoms with Gasteiger partial charge in [-0.2, -0.15) is 0 Å². The number of rotatable bonds is 6. The molecule has 19 heavy (non-hydrogen) atoms. The molecule has 1 aromatic rings. The summed E-state index contributed by atoms with van der Waals surface area (Å²) in [6.45, 7) is -0.424. The highest BCUT2D eigenvalue weighted by atomic mass is 16.6. The zero-order valence-electron chi connectivity index (χ0n) is 9.44. The van der Waals surface area contributed by atoms with E-state index in [9.17, 15) is 19.7 Å². The molecule has 0 aliphatic carbocycles. The molecule has 0 saturated heterocycles. The van der Waals surface area contributed by atoms with Crippen molar-refractivity contribution in [3.63, 3.8) is 0 Å². The number of hydrogen-bond donors (Lipinski definition) is 4. The number of carbonyl (C=O) groups is 2. The Balaban J connectivity index is 3.01. The van der Waals surface area contributed by atoms with E-state index in [1.807, 2.05) is 0 Å². The van der Waals surface area contributed by atoms with Crippen molar-refractivity contribution in [1.82, 2.24) is 4.98 Å². The Morgan fingerprint density at radius 2 is 2.16 bits per heavy atom. The first-order chi connectivity index (χ1) is 8.82. The van der Waals surface area contributed by atoms with E-state index in [0.717, 1.165) is 12.1 Å². The maximum atomic E-state index is 10.7. The highest BCUT2D eigenvalue weighted by Gasteiger charge is 2.20. The van der Waals surface area contributed by atoms with E-state index < -0.39 is 40.8 Å². The number of amides is 1. The second kappa shape index (κ2) is 5.73. The summed E-state index contributed by atoms with van der Waals surface area (Å²) in [6.07, 6.45) is -1.57. The van der Waals surface area contributed by atoms with Crippen LogP contribution >= 0.6 is 0 Å². The normalized spacial score (nSPS) is 11.6. The summed E-state index contributed by atoms with van der Waals surface area (Å²) >= 11 is 0. The Hall–Kier alpha value is -2.75. The van der Waals surface area contributed by atoms with Crippen LogP contribution in [-0.2, 0) is 4.79 Å². The maximum Gasteiger partial charge on any atom is 0.354 e. The van der Waals surface area contributed by atoms with Gasteiger partial charge in [-0.3, -0.25) is 14.9 Å². The Bertz CT molecular complexity index is 531. The minimum Gasteiger partial charge on any atom is -0.477 e. The number of anilines is 1. The molecule has 5 N–H and O–H groups in total. The van der Waals surface area contributed by atoms with E-state index in [1.165, 1.54) is 0 Å². The summed E-state index contributed by atoms with van der Waals surface area (Å²) in [5.74, 6) is -2.76. The van der Waals surface area contributed by atoms with Crippen molar-refractivity contribution in [1.29, 1.82) is 0 Å². The summed E-state index contributed by atoms with van der Waals surface area (Å²) in [6, 6.07) is 1.92. The van der Waals surface area contributed by atoms with Crippen LogP contribution in [0.25, 0.3) is 0 Å². The van der Waals surface area contributed by atoms with Gasteiger partial charge in [0.1, 0.15) is 6.10 Å². The Kier molecular flexibility index (Phi) is 4.32. The number of aromatic nitrogens is 1. The average Bonchev–Trinajstić information content (AvgIpc) is 2.34. The number of aliphatic hydroxyl groups excluding tert-OH is 1. The van der Waals surface area contributed by atoms with E-state index in [0.29, 0.717) is 0 Å². The second-order valence-corrected chi connectivity index (χ2v) is 3.43. The maximum absolute atomic E-state index is 10.7. The fourth-order valence-corrected chi connectivity index (χ4v) is 1.14. The van der Waals surface area contributed by atoms with Gasteiger partial charge in [0.05, 0.1) is 11.5 Å². The summed E-state index contributed by atoms with van der Waals surface area (Å²) in [7, 11) is 0. The molecule has 0 radical (unpaired) electrons. The van der Waals surface area contributed by atoms with Crippen molar-refractivity contribution < 1.29 is 24.7 Å². The van der Waals surface area contributed by atoms with Crippen LogP contribution in [0.1, 0.15) is 10.5 Å².